The maximum absolute atomic E-state index is 10.8. The van der Waals surface area contributed by atoms with Crippen molar-refractivity contribution in [3.63, 3.8) is 0 Å². The molecule has 1 unspecified atom stereocenters. The summed E-state index contributed by atoms with van der Waals surface area (Å²) in [5.41, 5.74) is 4.49. The van der Waals surface area contributed by atoms with E-state index in [1.54, 1.807) is 18.7 Å². The van der Waals surface area contributed by atoms with Crippen LogP contribution in [0.25, 0.3) is 0 Å². The first-order valence-electron chi connectivity index (χ1n) is 3.64. The number of rotatable bonds is 5. The van der Waals surface area contributed by atoms with Gasteiger partial charge in [-0.3, -0.25) is 4.79 Å². The predicted molar refractivity (Wildman–Crippen MR) is 56.0 cm³/mol. The van der Waals surface area contributed by atoms with Gasteiger partial charge in [0.1, 0.15) is 5.54 Å². The van der Waals surface area contributed by atoms with Crippen LogP contribution in [0.3, 0.4) is 0 Å². The van der Waals surface area contributed by atoms with E-state index >= 15 is 0 Å². The average molecular weight is 209 g/mol. The number of hydrogen-bond donors (Lipinski definition) is 3. The van der Waals surface area contributed by atoms with Crippen molar-refractivity contribution in [3.05, 3.63) is 0 Å². The highest BCUT2D eigenvalue weighted by molar-refractivity contribution is 7.98. The fourth-order valence-electron chi connectivity index (χ4n) is 0.765. The minimum absolute atomic E-state index is 0.331. The molecule has 0 bridgehead atoms. The van der Waals surface area contributed by atoms with Crippen LogP contribution < -0.4 is 5.73 Å². The van der Waals surface area contributed by atoms with Crippen LogP contribution in [-0.4, -0.2) is 33.9 Å². The Balaban J connectivity index is 4.29. The van der Waals surface area contributed by atoms with E-state index in [1.165, 1.54) is 0 Å². The van der Waals surface area contributed by atoms with Crippen molar-refractivity contribution in [2.75, 3.05) is 12.0 Å². The van der Waals surface area contributed by atoms with E-state index in [-0.39, 0.29) is 5.25 Å². The molecular weight excluding hydrogens is 194 g/mol. The van der Waals surface area contributed by atoms with Gasteiger partial charge in [0.2, 0.25) is 0 Å². The smallest absolute Gasteiger partial charge is 0.324 e. The largest absolute Gasteiger partial charge is 0.480 e. The molecule has 0 radical (unpaired) electrons. The molecule has 3 N–H and O–H groups in total. The summed E-state index contributed by atoms with van der Waals surface area (Å²) in [7, 11) is 0. The third-order valence-electron chi connectivity index (χ3n) is 1.86. The lowest BCUT2D eigenvalue weighted by Crippen LogP contribution is -2.54. The van der Waals surface area contributed by atoms with Gasteiger partial charge < -0.3 is 10.8 Å². The minimum atomic E-state index is -1.19. The lowest BCUT2D eigenvalue weighted by atomic mass is 9.94. The lowest BCUT2D eigenvalue weighted by molar-refractivity contribution is -0.143. The molecule has 3 nitrogen and oxygen atoms in total. The lowest BCUT2D eigenvalue weighted by Gasteiger charge is -2.27. The molecule has 72 valence electrons. The van der Waals surface area contributed by atoms with Gasteiger partial charge in [-0.25, -0.2) is 0 Å². The van der Waals surface area contributed by atoms with Crippen molar-refractivity contribution in [3.8, 4) is 0 Å². The molecule has 0 saturated heterocycles. The van der Waals surface area contributed by atoms with Gasteiger partial charge in [0, 0.05) is 5.25 Å². The number of carboxylic acid groups (broad SMARTS) is 1. The highest BCUT2D eigenvalue weighted by atomic mass is 32.2. The standard InChI is InChI=1S/C7H15NO2S2/c1-5(11)7(8,6(9)10)3-4-12-2/h5,11H,3-4,8H2,1-2H3,(H,9,10)/t5?,7-/m1/s1. The summed E-state index contributed by atoms with van der Waals surface area (Å²) < 4.78 is 0. The average Bonchev–Trinajstić information content (AvgIpc) is 1.99. The zero-order chi connectivity index (χ0) is 9.78. The Morgan fingerprint density at radius 2 is 2.33 bits per heavy atom. The van der Waals surface area contributed by atoms with E-state index in [2.05, 4.69) is 12.6 Å². The second-order valence-electron chi connectivity index (χ2n) is 2.76. The quantitative estimate of drug-likeness (QED) is 0.587. The number of thioether (sulfide) groups is 1. The van der Waals surface area contributed by atoms with Gasteiger partial charge in [-0.1, -0.05) is 6.92 Å². The maximum atomic E-state index is 10.8. The second kappa shape index (κ2) is 4.99. The molecule has 0 amide bonds. The van der Waals surface area contributed by atoms with Crippen LogP contribution in [0.1, 0.15) is 13.3 Å². The van der Waals surface area contributed by atoms with E-state index in [9.17, 15) is 4.79 Å². The highest BCUT2D eigenvalue weighted by Gasteiger charge is 2.37. The molecule has 0 aliphatic heterocycles. The van der Waals surface area contributed by atoms with E-state index in [4.69, 9.17) is 10.8 Å². The molecule has 0 aromatic carbocycles. The summed E-state index contributed by atoms with van der Waals surface area (Å²) in [6.45, 7) is 1.71. The van der Waals surface area contributed by atoms with Crippen LogP contribution >= 0.6 is 24.4 Å². The van der Waals surface area contributed by atoms with Crippen LogP contribution in [0.15, 0.2) is 0 Å². The molecule has 0 aromatic rings. The second-order valence-corrected chi connectivity index (χ2v) is 4.52. The summed E-state index contributed by atoms with van der Waals surface area (Å²) in [6.07, 6.45) is 2.37. The minimum Gasteiger partial charge on any atom is -0.480 e. The number of carboxylic acids is 1. The van der Waals surface area contributed by atoms with Crippen molar-refractivity contribution >= 4 is 30.4 Å². The fraction of sp³-hybridized carbons (Fsp3) is 0.857. The molecular formula is C7H15NO2S2. The van der Waals surface area contributed by atoms with Crippen LogP contribution in [0.4, 0.5) is 0 Å². The Labute approximate surface area is 82.5 Å². The van der Waals surface area contributed by atoms with Gasteiger partial charge in [0.15, 0.2) is 0 Å². The predicted octanol–water partition coefficient (Wildman–Crippen LogP) is 0.840. The third kappa shape index (κ3) is 2.88. The first-order valence-corrected chi connectivity index (χ1v) is 5.55. The molecule has 0 saturated carbocycles. The Kier molecular flexibility index (Phi) is 5.04. The van der Waals surface area contributed by atoms with Gasteiger partial charge >= 0.3 is 5.97 Å². The van der Waals surface area contributed by atoms with Crippen LogP contribution in [-0.2, 0) is 4.79 Å². The summed E-state index contributed by atoms with van der Waals surface area (Å²) >= 11 is 5.66. The van der Waals surface area contributed by atoms with Crippen molar-refractivity contribution in [1.82, 2.24) is 0 Å². The number of aliphatic carboxylic acids is 1. The monoisotopic (exact) mass is 209 g/mol. The number of nitrogens with two attached hydrogens (primary N) is 1. The molecule has 0 aliphatic carbocycles. The van der Waals surface area contributed by atoms with Gasteiger partial charge in [0.05, 0.1) is 0 Å². The highest BCUT2D eigenvalue weighted by Crippen LogP contribution is 2.19. The summed E-state index contributed by atoms with van der Waals surface area (Å²) in [5, 5.41) is 8.52. The third-order valence-corrected chi connectivity index (χ3v) is 2.94. The van der Waals surface area contributed by atoms with E-state index in [0.717, 1.165) is 5.75 Å². The SMILES string of the molecule is CSCC[C@](N)(C(=O)O)C(C)S. The van der Waals surface area contributed by atoms with Crippen LogP contribution in [0.2, 0.25) is 0 Å². The van der Waals surface area contributed by atoms with Crippen LogP contribution in [0.5, 0.6) is 0 Å². The Bertz CT molecular complexity index is 163. The Morgan fingerprint density at radius 3 is 2.58 bits per heavy atom. The van der Waals surface area contributed by atoms with Crippen LogP contribution in [0, 0.1) is 0 Å². The molecule has 5 heteroatoms. The summed E-state index contributed by atoms with van der Waals surface area (Å²) in [5.74, 6) is -0.229. The van der Waals surface area contributed by atoms with Crippen molar-refractivity contribution in [1.29, 1.82) is 0 Å². The number of carbonyl (C=O) groups is 1. The van der Waals surface area contributed by atoms with E-state index in [1.807, 2.05) is 6.26 Å². The first kappa shape index (κ1) is 12.1. The normalized spacial score (nSPS) is 18.3. The van der Waals surface area contributed by atoms with E-state index < -0.39 is 11.5 Å². The molecule has 0 rings (SSSR count). The fourth-order valence-corrected chi connectivity index (χ4v) is 1.55. The number of hydrogen-bond acceptors (Lipinski definition) is 4. The van der Waals surface area contributed by atoms with Gasteiger partial charge in [-0.2, -0.15) is 24.4 Å². The Hall–Kier alpha value is 0.130. The topological polar surface area (TPSA) is 63.3 Å². The van der Waals surface area contributed by atoms with Gasteiger partial charge in [-0.05, 0) is 18.4 Å². The maximum Gasteiger partial charge on any atom is 0.324 e. The van der Waals surface area contributed by atoms with Crippen molar-refractivity contribution < 1.29 is 9.90 Å². The number of thiol groups is 1. The molecule has 12 heavy (non-hydrogen) atoms. The summed E-state index contributed by atoms with van der Waals surface area (Å²) in [6, 6.07) is 0. The van der Waals surface area contributed by atoms with Gasteiger partial charge in [-0.15, -0.1) is 0 Å². The molecule has 0 heterocycles. The molecule has 2 atom stereocenters. The molecule has 0 fully saturated rings. The molecule has 0 spiro atoms. The van der Waals surface area contributed by atoms with Gasteiger partial charge in [0.25, 0.3) is 0 Å². The zero-order valence-electron chi connectivity index (χ0n) is 7.28. The van der Waals surface area contributed by atoms with Crippen molar-refractivity contribution in [2.24, 2.45) is 5.73 Å². The Morgan fingerprint density at radius 1 is 1.83 bits per heavy atom. The molecule has 0 aromatic heterocycles. The van der Waals surface area contributed by atoms with Crippen molar-refractivity contribution in [2.45, 2.75) is 24.1 Å². The summed E-state index contributed by atoms with van der Waals surface area (Å²) in [4.78, 5) is 10.8. The van der Waals surface area contributed by atoms with E-state index in [0.29, 0.717) is 6.42 Å². The zero-order valence-corrected chi connectivity index (χ0v) is 8.99. The molecule has 0 aliphatic rings. The first-order chi connectivity index (χ1) is 5.45.